The molecule has 2 aliphatic rings. The predicted molar refractivity (Wildman–Crippen MR) is 137 cm³/mol. The maximum atomic E-state index is 14.0. The van der Waals surface area contributed by atoms with Gasteiger partial charge in [-0.1, -0.05) is 68.9 Å². The SMILES string of the molecule is O=C(O)Nc1ccccc1N(C(=O)c1ccccc1)C(C(=O)NC1CCCCC1)C1CCCCC1. The molecule has 0 spiro atoms. The average Bonchev–Trinajstić information content (AvgIpc) is 2.88. The number of para-hydroxylation sites is 2. The average molecular weight is 478 g/mol. The first kappa shape index (κ1) is 24.8. The molecule has 2 fully saturated rings. The maximum Gasteiger partial charge on any atom is 0.409 e. The number of hydrogen-bond donors (Lipinski definition) is 3. The molecule has 0 aliphatic heterocycles. The van der Waals surface area contributed by atoms with Crippen LogP contribution in [0.5, 0.6) is 0 Å². The number of benzene rings is 2. The highest BCUT2D eigenvalue weighted by molar-refractivity contribution is 6.12. The Bertz CT molecular complexity index is 1010. The van der Waals surface area contributed by atoms with Crippen molar-refractivity contribution in [2.45, 2.75) is 76.3 Å². The molecule has 2 aromatic rings. The van der Waals surface area contributed by atoms with E-state index in [4.69, 9.17) is 0 Å². The third-order valence-corrected chi connectivity index (χ3v) is 7.24. The zero-order chi connectivity index (χ0) is 24.6. The van der Waals surface area contributed by atoms with Crippen LogP contribution in [0.4, 0.5) is 16.2 Å². The van der Waals surface area contributed by atoms with E-state index < -0.39 is 12.1 Å². The van der Waals surface area contributed by atoms with E-state index in [0.717, 1.165) is 57.8 Å². The van der Waals surface area contributed by atoms with Crippen LogP contribution in [0.2, 0.25) is 0 Å². The van der Waals surface area contributed by atoms with Crippen LogP contribution in [-0.2, 0) is 4.79 Å². The number of amides is 3. The van der Waals surface area contributed by atoms with E-state index in [9.17, 15) is 19.5 Å². The normalized spacial score (nSPS) is 17.8. The molecular weight excluding hydrogens is 442 g/mol. The van der Waals surface area contributed by atoms with Gasteiger partial charge >= 0.3 is 6.09 Å². The third-order valence-electron chi connectivity index (χ3n) is 7.24. The molecule has 0 bridgehead atoms. The summed E-state index contributed by atoms with van der Waals surface area (Å²) in [5.74, 6) is -0.448. The van der Waals surface area contributed by atoms with Crippen molar-refractivity contribution < 1.29 is 19.5 Å². The Morgan fingerprint density at radius 3 is 2.06 bits per heavy atom. The van der Waals surface area contributed by atoms with Crippen molar-refractivity contribution in [3.8, 4) is 0 Å². The van der Waals surface area contributed by atoms with E-state index >= 15 is 0 Å². The van der Waals surface area contributed by atoms with Gasteiger partial charge in [0.25, 0.3) is 5.91 Å². The van der Waals surface area contributed by atoms with E-state index in [1.165, 1.54) is 6.42 Å². The Morgan fingerprint density at radius 2 is 1.40 bits per heavy atom. The van der Waals surface area contributed by atoms with E-state index in [2.05, 4.69) is 10.6 Å². The van der Waals surface area contributed by atoms with Crippen LogP contribution in [0.15, 0.2) is 54.6 Å². The van der Waals surface area contributed by atoms with Gasteiger partial charge in [0.1, 0.15) is 6.04 Å². The van der Waals surface area contributed by atoms with Crippen LogP contribution in [0.25, 0.3) is 0 Å². The summed E-state index contributed by atoms with van der Waals surface area (Å²) >= 11 is 0. The Kier molecular flexibility index (Phi) is 8.40. The highest BCUT2D eigenvalue weighted by Gasteiger charge is 2.40. The predicted octanol–water partition coefficient (Wildman–Crippen LogP) is 5.82. The fourth-order valence-corrected chi connectivity index (χ4v) is 5.54. The highest BCUT2D eigenvalue weighted by atomic mass is 16.4. The second-order valence-corrected chi connectivity index (χ2v) is 9.67. The summed E-state index contributed by atoms with van der Waals surface area (Å²) < 4.78 is 0. The number of nitrogens with zero attached hydrogens (tertiary/aromatic N) is 1. The zero-order valence-corrected chi connectivity index (χ0v) is 20.1. The van der Waals surface area contributed by atoms with Crippen LogP contribution >= 0.6 is 0 Å². The number of carboxylic acid groups (broad SMARTS) is 1. The summed E-state index contributed by atoms with van der Waals surface area (Å²) in [6, 6.07) is 15.1. The van der Waals surface area contributed by atoms with Gasteiger partial charge in [-0.05, 0) is 55.9 Å². The molecule has 7 heteroatoms. The van der Waals surface area contributed by atoms with E-state index in [1.54, 1.807) is 53.4 Å². The number of anilines is 2. The van der Waals surface area contributed by atoms with E-state index in [0.29, 0.717) is 11.3 Å². The number of nitrogens with one attached hydrogen (secondary N) is 2. The van der Waals surface area contributed by atoms with Gasteiger partial charge in [-0.3, -0.25) is 19.8 Å². The van der Waals surface area contributed by atoms with Gasteiger partial charge in [0.15, 0.2) is 0 Å². The molecule has 3 amide bonds. The molecule has 2 aromatic carbocycles. The number of hydrogen-bond acceptors (Lipinski definition) is 3. The smallest absolute Gasteiger partial charge is 0.409 e. The second kappa shape index (κ2) is 11.9. The molecule has 35 heavy (non-hydrogen) atoms. The van der Waals surface area contributed by atoms with Crippen LogP contribution < -0.4 is 15.5 Å². The Hall–Kier alpha value is -3.35. The Balaban J connectivity index is 1.78. The van der Waals surface area contributed by atoms with Gasteiger partial charge in [-0.2, -0.15) is 0 Å². The van der Waals surface area contributed by atoms with Gasteiger partial charge in [0.2, 0.25) is 5.91 Å². The summed E-state index contributed by atoms with van der Waals surface area (Å²) in [5, 5.41) is 15.1. The molecule has 4 rings (SSSR count). The second-order valence-electron chi connectivity index (χ2n) is 9.67. The molecule has 3 N–H and O–H groups in total. The molecule has 0 heterocycles. The molecule has 2 saturated carbocycles. The van der Waals surface area contributed by atoms with Crippen molar-refractivity contribution in [3.05, 3.63) is 60.2 Å². The first-order chi connectivity index (χ1) is 17.0. The van der Waals surface area contributed by atoms with Gasteiger partial charge in [0.05, 0.1) is 11.4 Å². The summed E-state index contributed by atoms with van der Waals surface area (Å²) in [7, 11) is 0. The zero-order valence-electron chi connectivity index (χ0n) is 20.1. The van der Waals surface area contributed by atoms with Gasteiger partial charge in [0, 0.05) is 11.6 Å². The fraction of sp³-hybridized carbons (Fsp3) is 0.464. The summed E-state index contributed by atoms with van der Waals surface area (Å²) in [5.41, 5.74) is 1.15. The van der Waals surface area contributed by atoms with Crippen molar-refractivity contribution in [1.29, 1.82) is 0 Å². The standard InChI is InChI=1S/C28H35N3O4/c32-26(29-22-16-8-3-9-17-22)25(20-12-4-1-5-13-20)31(27(33)21-14-6-2-7-15-21)24-19-11-10-18-23(24)30-28(34)35/h2,6-7,10-11,14-15,18-20,22,25,30H,1,3-5,8-9,12-13,16-17H2,(H,29,32)(H,34,35). The van der Waals surface area contributed by atoms with Crippen molar-refractivity contribution in [3.63, 3.8) is 0 Å². The first-order valence-electron chi connectivity index (χ1n) is 12.8. The third kappa shape index (κ3) is 6.21. The minimum absolute atomic E-state index is 0.00196. The molecule has 0 radical (unpaired) electrons. The molecule has 7 nitrogen and oxygen atoms in total. The van der Waals surface area contributed by atoms with E-state index in [1.807, 2.05) is 6.07 Å². The first-order valence-corrected chi connectivity index (χ1v) is 12.8. The van der Waals surface area contributed by atoms with Crippen LogP contribution in [0, 0.1) is 5.92 Å². The van der Waals surface area contributed by atoms with Crippen molar-refractivity contribution in [2.75, 3.05) is 10.2 Å². The molecule has 1 atom stereocenters. The minimum Gasteiger partial charge on any atom is -0.465 e. The lowest BCUT2D eigenvalue weighted by Gasteiger charge is -2.39. The van der Waals surface area contributed by atoms with Gasteiger partial charge in [-0.15, -0.1) is 0 Å². The topological polar surface area (TPSA) is 98.7 Å². The van der Waals surface area contributed by atoms with Crippen molar-refractivity contribution >= 4 is 29.3 Å². The lowest BCUT2D eigenvalue weighted by Crippen LogP contribution is -2.56. The molecule has 0 saturated heterocycles. The van der Waals surface area contributed by atoms with Gasteiger partial charge < -0.3 is 10.4 Å². The quantitative estimate of drug-likeness (QED) is 0.468. The molecule has 2 aliphatic carbocycles. The monoisotopic (exact) mass is 477 g/mol. The van der Waals surface area contributed by atoms with Crippen LogP contribution in [0.1, 0.15) is 74.6 Å². The summed E-state index contributed by atoms with van der Waals surface area (Å²) in [4.78, 5) is 41.1. The Morgan fingerprint density at radius 1 is 0.800 bits per heavy atom. The molecule has 186 valence electrons. The van der Waals surface area contributed by atoms with Crippen LogP contribution in [-0.4, -0.2) is 35.1 Å². The van der Waals surface area contributed by atoms with Crippen LogP contribution in [0.3, 0.4) is 0 Å². The number of carbonyl (C=O) groups excluding carboxylic acids is 2. The van der Waals surface area contributed by atoms with E-state index in [-0.39, 0.29) is 29.5 Å². The number of carbonyl (C=O) groups is 3. The largest absolute Gasteiger partial charge is 0.465 e. The molecular formula is C28H35N3O4. The lowest BCUT2D eigenvalue weighted by molar-refractivity contribution is -0.124. The summed E-state index contributed by atoms with van der Waals surface area (Å²) in [6.07, 6.45) is 8.92. The Labute approximate surface area is 206 Å². The number of rotatable bonds is 7. The minimum atomic E-state index is -1.22. The summed E-state index contributed by atoms with van der Waals surface area (Å²) in [6.45, 7) is 0. The van der Waals surface area contributed by atoms with Crippen molar-refractivity contribution in [1.82, 2.24) is 5.32 Å². The fourth-order valence-electron chi connectivity index (χ4n) is 5.54. The maximum absolute atomic E-state index is 14.0. The highest BCUT2D eigenvalue weighted by Crippen LogP contribution is 2.36. The molecule has 1 unspecified atom stereocenters. The molecule has 0 aromatic heterocycles. The van der Waals surface area contributed by atoms with Gasteiger partial charge in [-0.25, -0.2) is 4.79 Å². The lowest BCUT2D eigenvalue weighted by atomic mass is 9.82. The van der Waals surface area contributed by atoms with Crippen molar-refractivity contribution in [2.24, 2.45) is 5.92 Å².